The highest BCUT2D eigenvalue weighted by molar-refractivity contribution is 9.10. The van der Waals surface area contributed by atoms with E-state index in [4.69, 9.17) is 11.6 Å². The summed E-state index contributed by atoms with van der Waals surface area (Å²) in [6, 6.07) is 3.28. The van der Waals surface area contributed by atoms with Crippen LogP contribution in [0.5, 0.6) is 0 Å². The van der Waals surface area contributed by atoms with Crippen molar-refractivity contribution in [3.8, 4) is 0 Å². The molecule has 0 spiro atoms. The third-order valence-electron chi connectivity index (χ3n) is 2.18. The topological polar surface area (TPSA) is 59.1 Å². The van der Waals surface area contributed by atoms with Gasteiger partial charge in [0.25, 0.3) is 0 Å². The molecule has 0 aliphatic rings. The van der Waals surface area contributed by atoms with E-state index < -0.39 is 10.0 Å². The van der Waals surface area contributed by atoms with E-state index in [9.17, 15) is 8.42 Å². The molecule has 0 fully saturated rings. The van der Waals surface area contributed by atoms with Gasteiger partial charge in [-0.25, -0.2) is 18.1 Å². The SMILES string of the molecule is O=S(=O)(NCc1sccc1Br)c1cc(Br)cnc1Cl. The highest BCUT2D eigenvalue weighted by atomic mass is 79.9. The molecule has 0 unspecified atom stereocenters. The van der Waals surface area contributed by atoms with Gasteiger partial charge in [-0.15, -0.1) is 11.3 Å². The van der Waals surface area contributed by atoms with Gasteiger partial charge < -0.3 is 0 Å². The fraction of sp³-hybridized carbons (Fsp3) is 0.100. The van der Waals surface area contributed by atoms with Crippen LogP contribution in [0.4, 0.5) is 0 Å². The first-order chi connectivity index (χ1) is 8.90. The van der Waals surface area contributed by atoms with Crippen LogP contribution in [0.15, 0.2) is 37.6 Å². The monoisotopic (exact) mass is 444 g/mol. The van der Waals surface area contributed by atoms with Gasteiger partial charge >= 0.3 is 0 Å². The van der Waals surface area contributed by atoms with Crippen molar-refractivity contribution < 1.29 is 8.42 Å². The maximum atomic E-state index is 12.1. The van der Waals surface area contributed by atoms with Crippen LogP contribution in [0.1, 0.15) is 4.88 Å². The number of aromatic nitrogens is 1. The second-order valence-corrected chi connectivity index (χ2v) is 8.32. The second kappa shape index (κ2) is 6.19. The van der Waals surface area contributed by atoms with Crippen molar-refractivity contribution in [1.29, 1.82) is 0 Å². The van der Waals surface area contributed by atoms with E-state index in [1.54, 1.807) is 0 Å². The van der Waals surface area contributed by atoms with Crippen LogP contribution >= 0.6 is 54.8 Å². The molecule has 0 radical (unpaired) electrons. The largest absolute Gasteiger partial charge is 0.244 e. The van der Waals surface area contributed by atoms with Gasteiger partial charge in [0.1, 0.15) is 10.0 Å². The quantitative estimate of drug-likeness (QED) is 0.727. The van der Waals surface area contributed by atoms with Crippen molar-refractivity contribution in [2.45, 2.75) is 11.4 Å². The van der Waals surface area contributed by atoms with Gasteiger partial charge in [-0.2, -0.15) is 0 Å². The highest BCUT2D eigenvalue weighted by Gasteiger charge is 2.19. The van der Waals surface area contributed by atoms with Crippen LogP contribution in [0.2, 0.25) is 5.15 Å². The molecule has 2 rings (SSSR count). The molecule has 0 aliphatic heterocycles. The Balaban J connectivity index is 2.23. The maximum absolute atomic E-state index is 12.1. The summed E-state index contributed by atoms with van der Waals surface area (Å²) in [5.41, 5.74) is 0. The zero-order valence-electron chi connectivity index (χ0n) is 9.23. The number of halogens is 3. The predicted octanol–water partition coefficient (Wildman–Crippen LogP) is 3.80. The Morgan fingerprint density at radius 1 is 1.42 bits per heavy atom. The van der Waals surface area contributed by atoms with Crippen LogP contribution in [-0.4, -0.2) is 13.4 Å². The van der Waals surface area contributed by atoms with E-state index >= 15 is 0 Å². The Bertz CT molecular complexity index is 703. The first kappa shape index (κ1) is 15.4. The average Bonchev–Trinajstić information content (AvgIpc) is 2.75. The van der Waals surface area contributed by atoms with Crippen LogP contribution in [-0.2, 0) is 16.6 Å². The number of pyridine rings is 1. The third kappa shape index (κ3) is 3.77. The molecule has 0 aliphatic carbocycles. The lowest BCUT2D eigenvalue weighted by Crippen LogP contribution is -2.23. The van der Waals surface area contributed by atoms with Crippen molar-refractivity contribution in [2.75, 3.05) is 0 Å². The van der Waals surface area contributed by atoms with Crippen LogP contribution in [0.25, 0.3) is 0 Å². The molecule has 19 heavy (non-hydrogen) atoms. The fourth-order valence-corrected chi connectivity index (χ4v) is 4.74. The molecular weight excluding hydrogens is 440 g/mol. The van der Waals surface area contributed by atoms with Crippen molar-refractivity contribution in [3.05, 3.63) is 42.7 Å². The van der Waals surface area contributed by atoms with E-state index in [-0.39, 0.29) is 16.6 Å². The summed E-state index contributed by atoms with van der Waals surface area (Å²) in [5, 5.41) is 1.82. The predicted molar refractivity (Wildman–Crippen MR) is 83.0 cm³/mol. The number of nitrogens with zero attached hydrogens (tertiary/aromatic N) is 1. The molecule has 2 aromatic heterocycles. The molecule has 102 valence electrons. The molecule has 4 nitrogen and oxygen atoms in total. The minimum absolute atomic E-state index is 0.0452. The Labute approximate surface area is 136 Å². The second-order valence-electron chi connectivity index (χ2n) is 3.46. The molecule has 1 N–H and O–H groups in total. The number of thiophene rings is 1. The lowest BCUT2D eigenvalue weighted by atomic mass is 10.5. The Kier molecular flexibility index (Phi) is 5.02. The molecule has 0 aromatic carbocycles. The lowest BCUT2D eigenvalue weighted by Gasteiger charge is -2.07. The van der Waals surface area contributed by atoms with Crippen molar-refractivity contribution >= 4 is 64.8 Å². The Morgan fingerprint density at radius 2 is 2.16 bits per heavy atom. The molecule has 9 heteroatoms. The molecule has 2 heterocycles. The van der Waals surface area contributed by atoms with Gasteiger partial charge in [0.2, 0.25) is 10.0 Å². The van der Waals surface area contributed by atoms with E-state index in [2.05, 4.69) is 41.6 Å². The number of nitrogens with one attached hydrogen (secondary N) is 1. The molecule has 0 saturated heterocycles. The number of hydrogen-bond acceptors (Lipinski definition) is 4. The minimum Gasteiger partial charge on any atom is -0.242 e. The normalized spacial score (nSPS) is 11.7. The van der Waals surface area contributed by atoms with Gasteiger partial charge in [0.15, 0.2) is 0 Å². The van der Waals surface area contributed by atoms with Crippen LogP contribution < -0.4 is 4.72 Å². The van der Waals surface area contributed by atoms with Crippen LogP contribution in [0.3, 0.4) is 0 Å². The van der Waals surface area contributed by atoms with E-state index in [1.807, 2.05) is 11.4 Å². The fourth-order valence-electron chi connectivity index (χ4n) is 1.28. The number of rotatable bonds is 4. The Morgan fingerprint density at radius 3 is 2.79 bits per heavy atom. The summed E-state index contributed by atoms with van der Waals surface area (Å²) in [5.74, 6) is 0. The zero-order valence-corrected chi connectivity index (χ0v) is 14.8. The van der Waals surface area contributed by atoms with E-state index in [0.717, 1.165) is 9.35 Å². The minimum atomic E-state index is -3.69. The van der Waals surface area contributed by atoms with E-state index in [0.29, 0.717) is 4.47 Å². The van der Waals surface area contributed by atoms with Crippen molar-refractivity contribution in [1.82, 2.24) is 9.71 Å². The van der Waals surface area contributed by atoms with Gasteiger partial charge in [0.05, 0.1) is 0 Å². The molecule has 0 amide bonds. The molecule has 0 saturated carbocycles. The molecule has 0 bridgehead atoms. The smallest absolute Gasteiger partial charge is 0.242 e. The van der Waals surface area contributed by atoms with Crippen molar-refractivity contribution in [3.63, 3.8) is 0 Å². The summed E-state index contributed by atoms with van der Waals surface area (Å²) in [6.07, 6.45) is 1.44. The summed E-state index contributed by atoms with van der Waals surface area (Å²) >= 11 is 13.8. The summed E-state index contributed by atoms with van der Waals surface area (Å²) < 4.78 is 28.2. The summed E-state index contributed by atoms with van der Waals surface area (Å²) in [6.45, 7) is 0.198. The first-order valence-corrected chi connectivity index (χ1v) is 9.25. The van der Waals surface area contributed by atoms with Crippen molar-refractivity contribution in [2.24, 2.45) is 0 Å². The van der Waals surface area contributed by atoms with E-state index in [1.165, 1.54) is 23.6 Å². The Hall–Kier alpha value is 0.01000. The summed E-state index contributed by atoms with van der Waals surface area (Å²) in [7, 11) is -3.69. The van der Waals surface area contributed by atoms with Gasteiger partial charge in [-0.05, 0) is 49.4 Å². The maximum Gasteiger partial charge on any atom is 0.244 e. The molecular formula is C10H7Br2ClN2O2S2. The third-order valence-corrected chi connectivity index (χ3v) is 6.36. The highest BCUT2D eigenvalue weighted by Crippen LogP contribution is 2.25. The zero-order chi connectivity index (χ0) is 14.0. The van der Waals surface area contributed by atoms with Gasteiger partial charge in [-0.3, -0.25) is 0 Å². The number of hydrogen-bond donors (Lipinski definition) is 1. The summed E-state index contributed by atoms with van der Waals surface area (Å²) in [4.78, 5) is 4.65. The standard InChI is InChI=1S/C10H7Br2ClN2O2S2/c11-6-3-9(10(13)14-4-6)19(16,17)15-5-8-7(12)1-2-18-8/h1-4,15H,5H2. The van der Waals surface area contributed by atoms with Gasteiger partial charge in [-0.1, -0.05) is 11.6 Å². The number of sulfonamides is 1. The molecule has 2 aromatic rings. The first-order valence-electron chi connectivity index (χ1n) is 4.93. The average molecular weight is 447 g/mol. The van der Waals surface area contributed by atoms with Crippen LogP contribution in [0, 0.1) is 0 Å². The molecule has 0 atom stereocenters. The van der Waals surface area contributed by atoms with Gasteiger partial charge in [0, 0.05) is 26.6 Å². The lowest BCUT2D eigenvalue weighted by molar-refractivity contribution is 0.581.